The lowest BCUT2D eigenvalue weighted by molar-refractivity contribution is 0.526. The van der Waals surface area contributed by atoms with E-state index in [0.717, 1.165) is 45.6 Å². The van der Waals surface area contributed by atoms with Crippen molar-refractivity contribution >= 4 is 44.4 Å². The highest BCUT2D eigenvalue weighted by Crippen LogP contribution is 2.22. The zero-order chi connectivity index (χ0) is 16.5. The number of thiophene rings is 1. The second-order valence-electron chi connectivity index (χ2n) is 5.43. The zero-order valence-corrected chi connectivity index (χ0v) is 14.7. The summed E-state index contributed by atoms with van der Waals surface area (Å²) in [6.45, 7) is 0. The number of benzene rings is 1. The maximum Gasteiger partial charge on any atom is 0.262 e. The normalized spacial score (nSPS) is 11.5. The Morgan fingerprint density at radius 1 is 1.25 bits per heavy atom. The van der Waals surface area contributed by atoms with Crippen LogP contribution in [0.4, 0.5) is 0 Å². The molecule has 1 aromatic carbocycles. The molecule has 0 spiro atoms. The molecule has 0 unspecified atom stereocenters. The first-order valence-electron chi connectivity index (χ1n) is 7.64. The predicted molar refractivity (Wildman–Crippen MR) is 97.9 cm³/mol. The molecule has 0 atom stereocenters. The maximum absolute atomic E-state index is 12.3. The van der Waals surface area contributed by atoms with Crippen molar-refractivity contribution in [3.05, 3.63) is 52.0 Å². The summed E-state index contributed by atoms with van der Waals surface area (Å²) in [5.74, 6) is 1.61. The van der Waals surface area contributed by atoms with E-state index in [4.69, 9.17) is 4.42 Å². The molecule has 4 aromatic rings. The van der Waals surface area contributed by atoms with Crippen molar-refractivity contribution in [1.29, 1.82) is 0 Å². The van der Waals surface area contributed by atoms with Crippen molar-refractivity contribution in [2.45, 2.75) is 18.0 Å². The highest BCUT2D eigenvalue weighted by Gasteiger charge is 2.10. The molecule has 0 bridgehead atoms. The summed E-state index contributed by atoms with van der Waals surface area (Å²) in [4.78, 5) is 22.1. The summed E-state index contributed by atoms with van der Waals surface area (Å²) in [6, 6.07) is 9.61. The quantitative estimate of drug-likeness (QED) is 0.308. The first-order valence-corrected chi connectivity index (χ1v) is 9.50. The van der Waals surface area contributed by atoms with Crippen LogP contribution in [0.5, 0.6) is 0 Å². The standard InChI is InChI=1S/C17H15N3O2S2/c1-20-16(21)11-8-10-23-15(11)19-17(20)24-9-4-7-14-18-12-5-2-3-6-13(12)22-14/h2-3,5-6,8,10H,4,7,9H2,1H3. The van der Waals surface area contributed by atoms with E-state index in [2.05, 4.69) is 9.97 Å². The maximum atomic E-state index is 12.3. The molecule has 0 aliphatic heterocycles. The summed E-state index contributed by atoms with van der Waals surface area (Å²) in [7, 11) is 1.77. The van der Waals surface area contributed by atoms with Crippen molar-refractivity contribution in [3.8, 4) is 0 Å². The fourth-order valence-electron chi connectivity index (χ4n) is 2.52. The zero-order valence-electron chi connectivity index (χ0n) is 13.1. The summed E-state index contributed by atoms with van der Waals surface area (Å²) in [5.41, 5.74) is 1.74. The molecule has 3 heterocycles. The molecule has 0 aliphatic carbocycles. The van der Waals surface area contributed by atoms with E-state index < -0.39 is 0 Å². The Morgan fingerprint density at radius 2 is 2.12 bits per heavy atom. The lowest BCUT2D eigenvalue weighted by Crippen LogP contribution is -2.19. The highest BCUT2D eigenvalue weighted by molar-refractivity contribution is 7.99. The Hall–Kier alpha value is -2.12. The Balaban J connectivity index is 1.42. The second-order valence-corrected chi connectivity index (χ2v) is 7.38. The van der Waals surface area contributed by atoms with E-state index in [1.165, 1.54) is 11.3 Å². The Labute approximate surface area is 146 Å². The largest absolute Gasteiger partial charge is 0.441 e. The predicted octanol–water partition coefficient (Wildman–Crippen LogP) is 3.86. The van der Waals surface area contributed by atoms with Crippen LogP contribution < -0.4 is 5.56 Å². The molecule has 0 fully saturated rings. The fourth-order valence-corrected chi connectivity index (χ4v) is 4.24. The van der Waals surface area contributed by atoms with Crippen LogP contribution in [0.15, 0.2) is 50.1 Å². The third-order valence-electron chi connectivity index (χ3n) is 3.77. The van der Waals surface area contributed by atoms with Gasteiger partial charge in [0.2, 0.25) is 0 Å². The number of rotatable bonds is 5. The van der Waals surface area contributed by atoms with E-state index in [1.807, 2.05) is 35.7 Å². The lowest BCUT2D eigenvalue weighted by Gasteiger charge is -2.06. The van der Waals surface area contributed by atoms with Crippen molar-refractivity contribution in [3.63, 3.8) is 0 Å². The molecule has 0 N–H and O–H groups in total. The molecule has 0 amide bonds. The minimum Gasteiger partial charge on any atom is -0.441 e. The van der Waals surface area contributed by atoms with Gasteiger partial charge in [-0.25, -0.2) is 9.97 Å². The van der Waals surface area contributed by atoms with Crippen molar-refractivity contribution in [2.24, 2.45) is 7.05 Å². The number of thioether (sulfide) groups is 1. The molecular weight excluding hydrogens is 342 g/mol. The molecular formula is C17H15N3O2S2. The molecule has 3 aromatic heterocycles. The smallest absolute Gasteiger partial charge is 0.262 e. The topological polar surface area (TPSA) is 60.9 Å². The molecule has 0 aliphatic rings. The Kier molecular flexibility index (Phi) is 4.12. The average Bonchev–Trinajstić information content (AvgIpc) is 3.21. The van der Waals surface area contributed by atoms with Crippen molar-refractivity contribution in [2.75, 3.05) is 5.75 Å². The first kappa shape index (κ1) is 15.4. The van der Waals surface area contributed by atoms with Crippen LogP contribution >= 0.6 is 23.1 Å². The van der Waals surface area contributed by atoms with E-state index in [1.54, 1.807) is 23.4 Å². The Morgan fingerprint density at radius 3 is 3.00 bits per heavy atom. The summed E-state index contributed by atoms with van der Waals surface area (Å²) >= 11 is 3.09. The summed E-state index contributed by atoms with van der Waals surface area (Å²) in [5, 5.41) is 3.35. The van der Waals surface area contributed by atoms with E-state index >= 15 is 0 Å². The second kappa shape index (κ2) is 6.41. The summed E-state index contributed by atoms with van der Waals surface area (Å²) in [6.07, 6.45) is 1.69. The molecule has 122 valence electrons. The van der Waals surface area contributed by atoms with Crippen LogP contribution in [0.25, 0.3) is 21.3 Å². The number of hydrogen-bond donors (Lipinski definition) is 0. The van der Waals surface area contributed by atoms with Crippen LogP contribution in [0.3, 0.4) is 0 Å². The lowest BCUT2D eigenvalue weighted by atomic mass is 10.3. The third kappa shape index (κ3) is 2.85. The van der Waals surface area contributed by atoms with Gasteiger partial charge in [0.05, 0.1) is 5.39 Å². The molecule has 5 nitrogen and oxygen atoms in total. The van der Waals surface area contributed by atoms with E-state index in [9.17, 15) is 4.79 Å². The first-order chi connectivity index (χ1) is 11.7. The van der Waals surface area contributed by atoms with Crippen LogP contribution in [-0.2, 0) is 13.5 Å². The number of fused-ring (bicyclic) bond motifs is 2. The average molecular weight is 357 g/mol. The number of nitrogens with zero attached hydrogens (tertiary/aromatic N) is 3. The Bertz CT molecular complexity index is 1030. The minimum atomic E-state index is 0.0164. The molecule has 7 heteroatoms. The molecule has 0 saturated heterocycles. The third-order valence-corrected chi connectivity index (χ3v) is 5.69. The van der Waals surface area contributed by atoms with Gasteiger partial charge >= 0.3 is 0 Å². The molecule has 4 rings (SSSR count). The van der Waals surface area contributed by atoms with Crippen LogP contribution in [0.2, 0.25) is 0 Å². The van der Waals surface area contributed by atoms with Gasteiger partial charge in [-0.15, -0.1) is 11.3 Å². The highest BCUT2D eigenvalue weighted by atomic mass is 32.2. The van der Waals surface area contributed by atoms with Gasteiger partial charge < -0.3 is 4.42 Å². The number of aromatic nitrogens is 3. The molecule has 24 heavy (non-hydrogen) atoms. The SMILES string of the molecule is Cn1c(SCCCc2nc3ccccc3o2)nc2sccc2c1=O. The van der Waals surface area contributed by atoms with Gasteiger partial charge in [-0.05, 0) is 30.0 Å². The van der Waals surface area contributed by atoms with E-state index in [-0.39, 0.29) is 5.56 Å². The van der Waals surface area contributed by atoms with Crippen molar-refractivity contribution < 1.29 is 4.42 Å². The van der Waals surface area contributed by atoms with Crippen LogP contribution in [0, 0.1) is 0 Å². The summed E-state index contributed by atoms with van der Waals surface area (Å²) < 4.78 is 7.35. The van der Waals surface area contributed by atoms with Gasteiger partial charge in [-0.1, -0.05) is 23.9 Å². The fraction of sp³-hybridized carbons (Fsp3) is 0.235. The van der Waals surface area contributed by atoms with Gasteiger partial charge in [-0.2, -0.15) is 0 Å². The van der Waals surface area contributed by atoms with Crippen LogP contribution in [0.1, 0.15) is 12.3 Å². The van der Waals surface area contributed by atoms with Gasteiger partial charge in [0.1, 0.15) is 10.3 Å². The molecule has 0 radical (unpaired) electrons. The van der Waals surface area contributed by atoms with Gasteiger partial charge in [0, 0.05) is 19.2 Å². The van der Waals surface area contributed by atoms with Gasteiger partial charge in [-0.3, -0.25) is 9.36 Å². The van der Waals surface area contributed by atoms with Crippen LogP contribution in [-0.4, -0.2) is 20.3 Å². The minimum absolute atomic E-state index is 0.0164. The number of hydrogen-bond acceptors (Lipinski definition) is 6. The van der Waals surface area contributed by atoms with Crippen molar-refractivity contribution in [1.82, 2.24) is 14.5 Å². The van der Waals surface area contributed by atoms with Gasteiger partial charge in [0.15, 0.2) is 16.6 Å². The monoisotopic (exact) mass is 357 g/mol. The number of oxazole rings is 1. The van der Waals surface area contributed by atoms with Gasteiger partial charge in [0.25, 0.3) is 5.56 Å². The van der Waals surface area contributed by atoms with E-state index in [0.29, 0.717) is 5.39 Å². The molecule has 0 saturated carbocycles. The number of aryl methyl sites for hydroxylation is 1. The number of para-hydroxylation sites is 2.